The lowest BCUT2D eigenvalue weighted by Gasteiger charge is -2.33. The molecule has 1 fully saturated rings. The van der Waals surface area contributed by atoms with Gasteiger partial charge in [0.1, 0.15) is 0 Å². The van der Waals surface area contributed by atoms with Crippen molar-refractivity contribution in [1.82, 2.24) is 10.2 Å². The van der Waals surface area contributed by atoms with Gasteiger partial charge in [-0.1, -0.05) is 12.1 Å². The number of carbonyl (C=O) groups is 1. The maximum atomic E-state index is 10.7. The Bertz CT molecular complexity index is 383. The summed E-state index contributed by atoms with van der Waals surface area (Å²) in [4.78, 5) is 13.0. The van der Waals surface area contributed by atoms with Crippen molar-refractivity contribution < 1.29 is 9.90 Å². The summed E-state index contributed by atoms with van der Waals surface area (Å²) < 4.78 is 0. The zero-order valence-corrected chi connectivity index (χ0v) is 9.98. The van der Waals surface area contributed by atoms with E-state index >= 15 is 0 Å². The summed E-state index contributed by atoms with van der Waals surface area (Å²) in [7, 11) is 0. The Morgan fingerprint density at radius 2 is 1.82 bits per heavy atom. The first-order valence-corrected chi connectivity index (χ1v) is 5.94. The van der Waals surface area contributed by atoms with Crippen LogP contribution in [0.1, 0.15) is 28.9 Å². The molecule has 4 nitrogen and oxygen atoms in total. The van der Waals surface area contributed by atoms with Gasteiger partial charge >= 0.3 is 5.97 Å². The largest absolute Gasteiger partial charge is 0.386 e. The van der Waals surface area contributed by atoms with Crippen LogP contribution in [-0.2, 0) is 5.11 Å². The molecule has 1 radical (unpaired) electrons. The van der Waals surface area contributed by atoms with Gasteiger partial charge in [-0.15, -0.1) is 0 Å². The van der Waals surface area contributed by atoms with Crippen LogP contribution in [0.25, 0.3) is 0 Å². The van der Waals surface area contributed by atoms with E-state index < -0.39 is 5.97 Å². The first kappa shape index (κ1) is 12.1. The third-order valence-corrected chi connectivity index (χ3v) is 3.33. The van der Waals surface area contributed by atoms with Crippen LogP contribution in [0, 0.1) is 0 Å². The number of nitrogens with one attached hydrogen (secondary N) is 1. The Kier molecular flexibility index (Phi) is 3.76. The third-order valence-electron chi connectivity index (χ3n) is 3.33. The van der Waals surface area contributed by atoms with E-state index in [0.29, 0.717) is 6.04 Å². The predicted octanol–water partition coefficient (Wildman–Crippen LogP) is 1.22. The minimum atomic E-state index is -1.12. The summed E-state index contributed by atoms with van der Waals surface area (Å²) >= 11 is 0. The van der Waals surface area contributed by atoms with Gasteiger partial charge in [-0.05, 0) is 24.6 Å². The van der Waals surface area contributed by atoms with Crippen LogP contribution in [0.2, 0.25) is 0 Å². The summed E-state index contributed by atoms with van der Waals surface area (Å²) in [6.07, 6.45) is 0. The molecule has 17 heavy (non-hydrogen) atoms. The second-order valence-corrected chi connectivity index (χ2v) is 4.37. The highest BCUT2D eigenvalue weighted by atomic mass is 16.4. The molecule has 4 heteroatoms. The molecular formula is C13H17N2O2. The van der Waals surface area contributed by atoms with E-state index in [2.05, 4.69) is 17.1 Å². The second-order valence-electron chi connectivity index (χ2n) is 4.37. The van der Waals surface area contributed by atoms with Crippen LogP contribution in [0.15, 0.2) is 24.3 Å². The second kappa shape index (κ2) is 5.29. The molecule has 1 aromatic rings. The normalized spacial score (nSPS) is 18.9. The summed E-state index contributed by atoms with van der Waals surface area (Å²) in [5.41, 5.74) is 1.39. The number of hydrogen-bond acceptors (Lipinski definition) is 3. The van der Waals surface area contributed by atoms with Crippen molar-refractivity contribution in [3.63, 3.8) is 0 Å². The first-order valence-electron chi connectivity index (χ1n) is 5.94. The standard InChI is InChI=1S/C13H17N2O2/c1-10(15-8-6-14-7-9-15)11-2-4-12(5-3-11)13(16)17/h2-5,10,14H,6-9H2,1H3. The fourth-order valence-electron chi connectivity index (χ4n) is 2.18. The van der Waals surface area contributed by atoms with Crippen LogP contribution in [0.5, 0.6) is 0 Å². The highest BCUT2D eigenvalue weighted by Gasteiger charge is 2.18. The SMILES string of the molecule is CC(c1ccc(C([O])=O)cc1)N1CCNCC1. The topological polar surface area (TPSA) is 52.2 Å². The van der Waals surface area contributed by atoms with Crippen molar-refractivity contribution in [1.29, 1.82) is 0 Å². The fourth-order valence-corrected chi connectivity index (χ4v) is 2.18. The molecule has 0 amide bonds. The molecule has 0 saturated carbocycles. The molecule has 0 spiro atoms. The molecule has 1 N–H and O–H groups in total. The molecule has 1 unspecified atom stereocenters. The average Bonchev–Trinajstić information content (AvgIpc) is 2.39. The molecule has 1 aliphatic rings. The Morgan fingerprint density at radius 1 is 1.24 bits per heavy atom. The molecule has 1 heterocycles. The quantitative estimate of drug-likeness (QED) is 0.854. The van der Waals surface area contributed by atoms with Crippen molar-refractivity contribution in [2.45, 2.75) is 13.0 Å². The summed E-state index contributed by atoms with van der Waals surface area (Å²) in [6.45, 7) is 6.25. The lowest BCUT2D eigenvalue weighted by molar-refractivity contribution is 0.0573. The zero-order valence-electron chi connectivity index (χ0n) is 9.98. The van der Waals surface area contributed by atoms with Crippen molar-refractivity contribution in [3.05, 3.63) is 35.4 Å². The number of hydrogen-bond donors (Lipinski definition) is 1. The lowest BCUT2D eigenvalue weighted by atomic mass is 10.0. The highest BCUT2D eigenvalue weighted by Crippen LogP contribution is 2.20. The minimum Gasteiger partial charge on any atom is -0.314 e. The van der Waals surface area contributed by atoms with E-state index in [0.717, 1.165) is 31.7 Å². The van der Waals surface area contributed by atoms with E-state index in [9.17, 15) is 9.90 Å². The van der Waals surface area contributed by atoms with Crippen LogP contribution >= 0.6 is 0 Å². The zero-order chi connectivity index (χ0) is 12.3. The Labute approximate surface area is 101 Å². The minimum absolute atomic E-state index is 0.237. The van der Waals surface area contributed by atoms with Gasteiger partial charge in [0, 0.05) is 32.2 Å². The molecule has 1 aliphatic heterocycles. The number of piperazine rings is 1. The summed E-state index contributed by atoms with van der Waals surface area (Å²) in [5, 5.41) is 14.0. The molecule has 91 valence electrons. The van der Waals surface area contributed by atoms with Gasteiger partial charge in [-0.25, -0.2) is 9.90 Å². The van der Waals surface area contributed by atoms with Gasteiger partial charge in [0.2, 0.25) is 0 Å². The van der Waals surface area contributed by atoms with Crippen molar-refractivity contribution in [2.75, 3.05) is 26.2 Å². The Morgan fingerprint density at radius 3 is 2.35 bits per heavy atom. The van der Waals surface area contributed by atoms with Crippen molar-refractivity contribution in [2.24, 2.45) is 0 Å². The van der Waals surface area contributed by atoms with Crippen LogP contribution < -0.4 is 5.32 Å². The molecule has 0 bridgehead atoms. The van der Waals surface area contributed by atoms with E-state index in [1.807, 2.05) is 12.1 Å². The fraction of sp³-hybridized carbons (Fsp3) is 0.462. The maximum Gasteiger partial charge on any atom is 0.386 e. The van der Waals surface area contributed by atoms with E-state index in [-0.39, 0.29) is 5.56 Å². The summed E-state index contributed by atoms with van der Waals surface area (Å²) in [5.74, 6) is -1.12. The monoisotopic (exact) mass is 233 g/mol. The number of rotatable bonds is 3. The molecule has 1 aromatic carbocycles. The Balaban J connectivity index is 2.07. The number of nitrogens with zero attached hydrogens (tertiary/aromatic N) is 1. The third kappa shape index (κ3) is 2.84. The van der Waals surface area contributed by atoms with Crippen LogP contribution in [0.4, 0.5) is 0 Å². The first-order chi connectivity index (χ1) is 8.18. The molecule has 1 atom stereocenters. The van der Waals surface area contributed by atoms with Crippen LogP contribution in [0.3, 0.4) is 0 Å². The number of carbonyl (C=O) groups excluding carboxylic acids is 1. The smallest absolute Gasteiger partial charge is 0.314 e. The van der Waals surface area contributed by atoms with Gasteiger partial charge in [-0.2, -0.15) is 0 Å². The molecule has 2 rings (SSSR count). The van der Waals surface area contributed by atoms with Gasteiger partial charge < -0.3 is 5.32 Å². The molecule has 0 aromatic heterocycles. The predicted molar refractivity (Wildman–Crippen MR) is 64.3 cm³/mol. The van der Waals surface area contributed by atoms with E-state index in [4.69, 9.17) is 0 Å². The van der Waals surface area contributed by atoms with Crippen molar-refractivity contribution in [3.8, 4) is 0 Å². The van der Waals surface area contributed by atoms with Gasteiger partial charge in [0.25, 0.3) is 0 Å². The Hall–Kier alpha value is -1.39. The van der Waals surface area contributed by atoms with Crippen molar-refractivity contribution >= 4 is 5.97 Å². The van der Waals surface area contributed by atoms with Gasteiger partial charge in [-0.3, -0.25) is 4.90 Å². The number of benzene rings is 1. The van der Waals surface area contributed by atoms with Gasteiger partial charge in [0.15, 0.2) is 0 Å². The lowest BCUT2D eigenvalue weighted by Crippen LogP contribution is -2.44. The van der Waals surface area contributed by atoms with Crippen LogP contribution in [-0.4, -0.2) is 37.0 Å². The molecular weight excluding hydrogens is 216 g/mol. The summed E-state index contributed by atoms with van der Waals surface area (Å²) in [6, 6.07) is 7.30. The van der Waals surface area contributed by atoms with E-state index in [1.165, 1.54) is 0 Å². The highest BCUT2D eigenvalue weighted by molar-refractivity contribution is 5.87. The molecule has 0 aliphatic carbocycles. The molecule has 1 saturated heterocycles. The van der Waals surface area contributed by atoms with E-state index in [1.54, 1.807) is 12.1 Å². The maximum absolute atomic E-state index is 10.7. The van der Waals surface area contributed by atoms with Gasteiger partial charge in [0.05, 0.1) is 5.56 Å². The average molecular weight is 233 g/mol.